The van der Waals surface area contributed by atoms with Gasteiger partial charge in [-0.25, -0.2) is 9.97 Å². The Hall–Kier alpha value is -1.10. The SMILES string of the molecule is C=C(Br)CNc1ncc(N)cn1. The fraction of sp³-hybridized carbons (Fsp3) is 0.143. The quantitative estimate of drug-likeness (QED) is 0.821. The van der Waals surface area contributed by atoms with E-state index in [1.807, 2.05) is 0 Å². The van der Waals surface area contributed by atoms with Crippen molar-refractivity contribution in [3.63, 3.8) is 0 Å². The van der Waals surface area contributed by atoms with Gasteiger partial charge in [0.15, 0.2) is 0 Å². The van der Waals surface area contributed by atoms with E-state index in [4.69, 9.17) is 5.73 Å². The summed E-state index contributed by atoms with van der Waals surface area (Å²) in [5.74, 6) is 0.546. The Kier molecular flexibility index (Phi) is 3.04. The van der Waals surface area contributed by atoms with Gasteiger partial charge in [-0.1, -0.05) is 22.5 Å². The molecule has 12 heavy (non-hydrogen) atoms. The number of nitrogens with zero attached hydrogens (tertiary/aromatic N) is 2. The molecule has 0 amide bonds. The lowest BCUT2D eigenvalue weighted by atomic mass is 10.5. The van der Waals surface area contributed by atoms with Gasteiger partial charge in [0.25, 0.3) is 0 Å². The number of halogens is 1. The van der Waals surface area contributed by atoms with Crippen molar-refractivity contribution >= 4 is 27.6 Å². The Labute approximate surface area is 79.0 Å². The summed E-state index contributed by atoms with van der Waals surface area (Å²) in [4.78, 5) is 7.88. The summed E-state index contributed by atoms with van der Waals surface area (Å²) >= 11 is 3.21. The van der Waals surface area contributed by atoms with E-state index in [2.05, 4.69) is 37.8 Å². The number of rotatable bonds is 3. The Morgan fingerprint density at radius 3 is 2.67 bits per heavy atom. The van der Waals surface area contributed by atoms with Gasteiger partial charge in [0.05, 0.1) is 18.1 Å². The Morgan fingerprint density at radius 2 is 2.17 bits per heavy atom. The van der Waals surface area contributed by atoms with Crippen LogP contribution in [-0.2, 0) is 0 Å². The molecule has 0 saturated carbocycles. The predicted molar refractivity (Wildman–Crippen MR) is 53.0 cm³/mol. The number of anilines is 2. The topological polar surface area (TPSA) is 63.8 Å². The minimum atomic E-state index is 0.546. The lowest BCUT2D eigenvalue weighted by Crippen LogP contribution is -2.04. The third-order valence-corrected chi connectivity index (χ3v) is 1.39. The van der Waals surface area contributed by atoms with Gasteiger partial charge in [-0.05, 0) is 0 Å². The number of aromatic nitrogens is 2. The van der Waals surface area contributed by atoms with Crippen molar-refractivity contribution in [2.24, 2.45) is 0 Å². The smallest absolute Gasteiger partial charge is 0.223 e. The van der Waals surface area contributed by atoms with Crippen molar-refractivity contribution in [3.8, 4) is 0 Å². The van der Waals surface area contributed by atoms with E-state index in [1.54, 1.807) is 12.4 Å². The fourth-order valence-corrected chi connectivity index (χ4v) is 0.744. The van der Waals surface area contributed by atoms with E-state index in [-0.39, 0.29) is 0 Å². The maximum atomic E-state index is 5.40. The highest BCUT2D eigenvalue weighted by Gasteiger charge is 1.93. The Bertz CT molecular complexity index is 269. The van der Waals surface area contributed by atoms with Gasteiger partial charge in [0.2, 0.25) is 5.95 Å². The molecule has 64 valence electrons. The standard InChI is InChI=1S/C7H9BrN4/c1-5(8)2-10-7-11-3-6(9)4-12-7/h3-4H,1-2,9H2,(H,10,11,12). The molecule has 0 saturated heterocycles. The van der Waals surface area contributed by atoms with E-state index >= 15 is 0 Å². The molecule has 0 aliphatic carbocycles. The first-order chi connectivity index (χ1) is 5.68. The number of hydrogen-bond acceptors (Lipinski definition) is 4. The maximum Gasteiger partial charge on any atom is 0.223 e. The molecular weight excluding hydrogens is 220 g/mol. The Balaban J connectivity index is 2.53. The van der Waals surface area contributed by atoms with Crippen LogP contribution in [0.5, 0.6) is 0 Å². The molecule has 1 aromatic rings. The molecule has 0 spiro atoms. The predicted octanol–water partition coefficient (Wildman–Crippen LogP) is 1.38. The summed E-state index contributed by atoms with van der Waals surface area (Å²) in [6.45, 7) is 4.26. The summed E-state index contributed by atoms with van der Waals surface area (Å²) in [5, 5.41) is 2.95. The average Bonchev–Trinajstić information content (AvgIpc) is 2.03. The van der Waals surface area contributed by atoms with Crippen LogP contribution in [0.3, 0.4) is 0 Å². The highest BCUT2D eigenvalue weighted by atomic mass is 79.9. The second-order valence-corrected chi connectivity index (χ2v) is 3.33. The zero-order chi connectivity index (χ0) is 8.97. The number of nitrogens with two attached hydrogens (primary N) is 1. The molecule has 0 fully saturated rings. The molecular formula is C7H9BrN4. The van der Waals surface area contributed by atoms with Crippen molar-refractivity contribution in [1.29, 1.82) is 0 Å². The number of nitrogen functional groups attached to an aromatic ring is 1. The highest BCUT2D eigenvalue weighted by molar-refractivity contribution is 9.11. The lowest BCUT2D eigenvalue weighted by Gasteiger charge is -2.01. The molecule has 0 unspecified atom stereocenters. The molecule has 0 bridgehead atoms. The molecule has 0 aromatic carbocycles. The van der Waals surface area contributed by atoms with Crippen molar-refractivity contribution in [2.45, 2.75) is 0 Å². The summed E-state index contributed by atoms with van der Waals surface area (Å²) in [6, 6.07) is 0. The van der Waals surface area contributed by atoms with Crippen LogP contribution < -0.4 is 11.1 Å². The van der Waals surface area contributed by atoms with E-state index < -0.39 is 0 Å². The van der Waals surface area contributed by atoms with E-state index in [0.29, 0.717) is 18.2 Å². The van der Waals surface area contributed by atoms with Gasteiger partial charge < -0.3 is 11.1 Å². The van der Waals surface area contributed by atoms with E-state index in [1.165, 1.54) is 0 Å². The molecule has 4 nitrogen and oxygen atoms in total. The Morgan fingerprint density at radius 1 is 1.58 bits per heavy atom. The minimum Gasteiger partial charge on any atom is -0.396 e. The summed E-state index contributed by atoms with van der Waals surface area (Å²) in [6.07, 6.45) is 3.10. The van der Waals surface area contributed by atoms with Crippen LogP contribution in [0.25, 0.3) is 0 Å². The van der Waals surface area contributed by atoms with Crippen LogP contribution in [0, 0.1) is 0 Å². The normalized spacial score (nSPS) is 9.42. The van der Waals surface area contributed by atoms with Gasteiger partial charge in [0.1, 0.15) is 0 Å². The van der Waals surface area contributed by atoms with Crippen molar-refractivity contribution < 1.29 is 0 Å². The third-order valence-electron chi connectivity index (χ3n) is 1.11. The van der Waals surface area contributed by atoms with Crippen molar-refractivity contribution in [1.82, 2.24) is 9.97 Å². The molecule has 0 aliphatic rings. The van der Waals surface area contributed by atoms with E-state index in [0.717, 1.165) is 4.48 Å². The molecule has 0 radical (unpaired) electrons. The maximum absolute atomic E-state index is 5.40. The summed E-state index contributed by atoms with van der Waals surface area (Å²) < 4.78 is 0.850. The molecule has 1 rings (SSSR count). The molecule has 3 N–H and O–H groups in total. The van der Waals surface area contributed by atoms with Gasteiger partial charge in [0, 0.05) is 11.0 Å². The first-order valence-electron chi connectivity index (χ1n) is 3.33. The number of hydrogen-bond donors (Lipinski definition) is 2. The van der Waals surface area contributed by atoms with Crippen LogP contribution in [0.4, 0.5) is 11.6 Å². The van der Waals surface area contributed by atoms with Crippen LogP contribution >= 0.6 is 15.9 Å². The zero-order valence-corrected chi connectivity index (χ0v) is 8.00. The van der Waals surface area contributed by atoms with Crippen molar-refractivity contribution in [3.05, 3.63) is 23.5 Å². The number of nitrogens with one attached hydrogen (secondary N) is 1. The van der Waals surface area contributed by atoms with Gasteiger partial charge in [-0.2, -0.15) is 0 Å². The zero-order valence-electron chi connectivity index (χ0n) is 6.42. The molecule has 5 heteroatoms. The lowest BCUT2D eigenvalue weighted by molar-refractivity contribution is 1.12. The third kappa shape index (κ3) is 2.87. The monoisotopic (exact) mass is 228 g/mol. The average molecular weight is 229 g/mol. The first-order valence-corrected chi connectivity index (χ1v) is 4.12. The largest absolute Gasteiger partial charge is 0.396 e. The molecule has 0 aliphatic heterocycles. The fourth-order valence-electron chi connectivity index (χ4n) is 0.604. The van der Waals surface area contributed by atoms with Crippen molar-refractivity contribution in [2.75, 3.05) is 17.6 Å². The summed E-state index contributed by atoms with van der Waals surface area (Å²) in [5.41, 5.74) is 5.96. The van der Waals surface area contributed by atoms with Crippen LogP contribution in [0.15, 0.2) is 23.5 Å². The molecule has 1 aromatic heterocycles. The van der Waals surface area contributed by atoms with E-state index in [9.17, 15) is 0 Å². The first kappa shape index (κ1) is 8.99. The highest BCUT2D eigenvalue weighted by Crippen LogP contribution is 2.04. The van der Waals surface area contributed by atoms with Gasteiger partial charge in [-0.3, -0.25) is 0 Å². The van der Waals surface area contributed by atoms with Crippen LogP contribution in [-0.4, -0.2) is 16.5 Å². The molecule has 1 heterocycles. The summed E-state index contributed by atoms with van der Waals surface area (Å²) in [7, 11) is 0. The molecule has 0 atom stereocenters. The second-order valence-electron chi connectivity index (χ2n) is 2.21. The van der Waals surface area contributed by atoms with Crippen LogP contribution in [0.2, 0.25) is 0 Å². The minimum absolute atomic E-state index is 0.546. The van der Waals surface area contributed by atoms with Gasteiger partial charge >= 0.3 is 0 Å². The van der Waals surface area contributed by atoms with Crippen LogP contribution in [0.1, 0.15) is 0 Å². The second kappa shape index (κ2) is 4.06. The van der Waals surface area contributed by atoms with Gasteiger partial charge in [-0.15, -0.1) is 0 Å².